The van der Waals surface area contributed by atoms with Crippen LogP contribution in [0.4, 0.5) is 0 Å². The monoisotopic (exact) mass is 240 g/mol. The second kappa shape index (κ2) is 6.19. The van der Waals surface area contributed by atoms with Gasteiger partial charge in [-0.15, -0.1) is 0 Å². The first-order valence-corrected chi connectivity index (χ1v) is 6.86. The molecule has 2 N–H and O–H groups in total. The minimum Gasteiger partial charge on any atom is -0.445 e. The number of rotatable bonds is 5. The van der Waals surface area contributed by atoms with Gasteiger partial charge >= 0.3 is 0 Å². The van der Waals surface area contributed by atoms with Crippen molar-refractivity contribution in [1.82, 2.24) is 4.67 Å². The molecule has 1 aromatic rings. The summed E-state index contributed by atoms with van der Waals surface area (Å²) < 4.78 is 7.96. The maximum atomic E-state index is 6.12. The molecule has 0 heterocycles. The molecule has 16 heavy (non-hydrogen) atoms. The van der Waals surface area contributed by atoms with E-state index in [1.54, 1.807) is 0 Å². The van der Waals surface area contributed by atoms with Gasteiger partial charge in [-0.3, -0.25) is 5.50 Å². The van der Waals surface area contributed by atoms with E-state index in [9.17, 15) is 0 Å². The van der Waals surface area contributed by atoms with Crippen LogP contribution in [0.3, 0.4) is 0 Å². The molecule has 0 spiro atoms. The molecule has 0 aliphatic rings. The Hall–Kier alpha value is -0.630. The van der Waals surface area contributed by atoms with Gasteiger partial charge in [0.25, 0.3) is 0 Å². The summed E-state index contributed by atoms with van der Waals surface area (Å²) in [5, 5.41) is 0. The van der Waals surface area contributed by atoms with Gasteiger partial charge in [-0.25, -0.2) is 4.67 Å². The molecule has 0 bridgehead atoms. The molecule has 1 atom stereocenters. The summed E-state index contributed by atoms with van der Waals surface area (Å²) in [6.07, 6.45) is 0. The topological polar surface area (TPSA) is 38.5 Å². The normalized spacial score (nSPS) is 13.5. The number of hydrogen-bond acceptors (Lipinski definition) is 3. The highest BCUT2D eigenvalue weighted by atomic mass is 31.2. The van der Waals surface area contributed by atoms with Crippen LogP contribution in [0.2, 0.25) is 0 Å². The number of hydrogen-bond donors (Lipinski definition) is 1. The van der Waals surface area contributed by atoms with Crippen LogP contribution in [0.1, 0.15) is 27.7 Å². The summed E-state index contributed by atoms with van der Waals surface area (Å²) >= 11 is 0. The maximum Gasteiger partial charge on any atom is 0.242 e. The minimum absolute atomic E-state index is 0.389. The van der Waals surface area contributed by atoms with Crippen molar-refractivity contribution < 1.29 is 4.52 Å². The summed E-state index contributed by atoms with van der Waals surface area (Å²) in [4.78, 5) is 0. The first-order valence-electron chi connectivity index (χ1n) is 5.58. The Kier molecular flexibility index (Phi) is 5.20. The Balaban J connectivity index is 2.66. The fourth-order valence-electron chi connectivity index (χ4n) is 1.69. The number of nitrogens with zero attached hydrogens (tertiary/aromatic N) is 1. The zero-order valence-electron chi connectivity index (χ0n) is 10.4. The molecule has 0 amide bonds. The van der Waals surface area contributed by atoms with E-state index in [1.165, 1.54) is 0 Å². The Morgan fingerprint density at radius 1 is 1.06 bits per heavy atom. The first kappa shape index (κ1) is 13.4. The van der Waals surface area contributed by atoms with E-state index in [0.717, 1.165) is 5.75 Å². The van der Waals surface area contributed by atoms with E-state index >= 15 is 0 Å². The first-order chi connectivity index (χ1) is 7.52. The van der Waals surface area contributed by atoms with Crippen LogP contribution in [0.5, 0.6) is 5.75 Å². The number of nitrogens with two attached hydrogens (primary N) is 1. The van der Waals surface area contributed by atoms with Gasteiger partial charge in [0.2, 0.25) is 8.45 Å². The van der Waals surface area contributed by atoms with Crippen molar-refractivity contribution in [2.45, 2.75) is 39.8 Å². The standard InChI is InChI=1S/C12H21N2OP/c1-10(2)14(11(3)4)16(13)15-12-8-6-5-7-9-12/h5-11H,13H2,1-4H3. The molecule has 90 valence electrons. The fraction of sp³-hybridized carbons (Fsp3) is 0.500. The predicted molar refractivity (Wildman–Crippen MR) is 70.3 cm³/mol. The summed E-state index contributed by atoms with van der Waals surface area (Å²) in [6.45, 7) is 8.54. The quantitative estimate of drug-likeness (QED) is 0.802. The molecule has 0 aliphatic carbocycles. The predicted octanol–water partition coefficient (Wildman–Crippen LogP) is 3.37. The third kappa shape index (κ3) is 3.75. The minimum atomic E-state index is -1.07. The van der Waals surface area contributed by atoms with Gasteiger partial charge in [0.05, 0.1) is 0 Å². The molecule has 3 nitrogen and oxygen atoms in total. The zero-order valence-corrected chi connectivity index (χ0v) is 11.3. The molecule has 0 saturated heterocycles. The van der Waals surface area contributed by atoms with E-state index in [2.05, 4.69) is 32.4 Å². The van der Waals surface area contributed by atoms with Crippen molar-refractivity contribution in [3.8, 4) is 5.75 Å². The summed E-state index contributed by atoms with van der Waals surface area (Å²) in [5.74, 6) is 0.836. The van der Waals surface area contributed by atoms with Crippen LogP contribution in [0.25, 0.3) is 0 Å². The lowest BCUT2D eigenvalue weighted by atomic mass is 10.3. The average Bonchev–Trinajstić information content (AvgIpc) is 2.17. The molecule has 1 aromatic carbocycles. The van der Waals surface area contributed by atoms with Crippen LogP contribution in [-0.4, -0.2) is 16.8 Å². The molecule has 0 radical (unpaired) electrons. The second-order valence-electron chi connectivity index (χ2n) is 4.27. The molecule has 0 aromatic heterocycles. The summed E-state index contributed by atoms with van der Waals surface area (Å²) in [7, 11) is -1.07. The average molecular weight is 240 g/mol. The van der Waals surface area contributed by atoms with Gasteiger partial charge < -0.3 is 4.52 Å². The van der Waals surface area contributed by atoms with Crippen LogP contribution in [0.15, 0.2) is 30.3 Å². The zero-order chi connectivity index (χ0) is 12.1. The van der Waals surface area contributed by atoms with Crippen molar-refractivity contribution in [1.29, 1.82) is 0 Å². The second-order valence-corrected chi connectivity index (χ2v) is 5.52. The van der Waals surface area contributed by atoms with Crippen molar-refractivity contribution in [2.75, 3.05) is 0 Å². The van der Waals surface area contributed by atoms with Crippen molar-refractivity contribution in [3.63, 3.8) is 0 Å². The highest BCUT2D eigenvalue weighted by Crippen LogP contribution is 2.37. The van der Waals surface area contributed by atoms with E-state index < -0.39 is 8.45 Å². The van der Waals surface area contributed by atoms with Gasteiger partial charge in [0.1, 0.15) is 5.75 Å². The Morgan fingerprint density at radius 2 is 1.56 bits per heavy atom. The molecule has 4 heteroatoms. The van der Waals surface area contributed by atoms with Crippen molar-refractivity contribution in [3.05, 3.63) is 30.3 Å². The molecule has 0 saturated carbocycles. The highest BCUT2D eigenvalue weighted by Gasteiger charge is 2.23. The summed E-state index contributed by atoms with van der Waals surface area (Å²) in [6, 6.07) is 10.5. The van der Waals surface area contributed by atoms with Gasteiger partial charge in [-0.05, 0) is 39.8 Å². The smallest absolute Gasteiger partial charge is 0.242 e. The number of benzene rings is 1. The summed E-state index contributed by atoms with van der Waals surface area (Å²) in [5.41, 5.74) is 6.12. The van der Waals surface area contributed by atoms with Crippen molar-refractivity contribution >= 4 is 8.45 Å². The van der Waals surface area contributed by atoms with Gasteiger partial charge in [0, 0.05) is 12.1 Å². The SMILES string of the molecule is CC(C)N(C(C)C)P(N)Oc1ccccc1. The molecular weight excluding hydrogens is 219 g/mol. The maximum absolute atomic E-state index is 6.12. The van der Waals surface area contributed by atoms with Gasteiger partial charge in [-0.2, -0.15) is 0 Å². The largest absolute Gasteiger partial charge is 0.445 e. The van der Waals surface area contributed by atoms with E-state index in [0.29, 0.717) is 12.1 Å². The Bertz CT molecular complexity index is 295. The third-order valence-electron chi connectivity index (χ3n) is 2.23. The lowest BCUT2D eigenvalue weighted by molar-refractivity contribution is 0.299. The third-order valence-corrected chi connectivity index (χ3v) is 4.00. The lowest BCUT2D eigenvalue weighted by Crippen LogP contribution is -2.35. The van der Waals surface area contributed by atoms with E-state index in [-0.39, 0.29) is 0 Å². The van der Waals surface area contributed by atoms with E-state index in [4.69, 9.17) is 10.0 Å². The van der Waals surface area contributed by atoms with Gasteiger partial charge in [-0.1, -0.05) is 18.2 Å². The fourth-order valence-corrected chi connectivity index (χ4v) is 3.03. The molecular formula is C12H21N2OP. The molecule has 0 aliphatic heterocycles. The van der Waals surface area contributed by atoms with Gasteiger partial charge in [0.15, 0.2) is 0 Å². The highest BCUT2D eigenvalue weighted by molar-refractivity contribution is 7.47. The lowest BCUT2D eigenvalue weighted by Gasteiger charge is -2.33. The molecule has 0 fully saturated rings. The Labute approximate surface area is 99.5 Å². The number of para-hydroxylation sites is 1. The molecule has 1 rings (SSSR count). The Morgan fingerprint density at radius 3 is 2.00 bits per heavy atom. The molecule has 1 unspecified atom stereocenters. The van der Waals surface area contributed by atoms with Crippen molar-refractivity contribution in [2.24, 2.45) is 5.50 Å². The van der Waals surface area contributed by atoms with E-state index in [1.807, 2.05) is 30.3 Å². The van der Waals surface area contributed by atoms with Crippen LogP contribution in [-0.2, 0) is 0 Å². The van der Waals surface area contributed by atoms with Crippen LogP contribution in [0, 0.1) is 0 Å². The van der Waals surface area contributed by atoms with Crippen LogP contribution < -0.4 is 10.0 Å². The van der Waals surface area contributed by atoms with Crippen LogP contribution >= 0.6 is 8.45 Å².